The minimum absolute atomic E-state index is 0.0890. The highest BCUT2D eigenvalue weighted by atomic mass is 79.9. The highest BCUT2D eigenvalue weighted by Gasteiger charge is 2.19. The first-order chi connectivity index (χ1) is 10.2. The van der Waals surface area contributed by atoms with Crippen molar-refractivity contribution in [2.45, 2.75) is 26.4 Å². The summed E-state index contributed by atoms with van der Waals surface area (Å²) in [7, 11) is 0. The van der Waals surface area contributed by atoms with Crippen molar-refractivity contribution < 1.29 is 18.3 Å². The second kappa shape index (κ2) is 6.16. The summed E-state index contributed by atoms with van der Waals surface area (Å²) in [4.78, 5) is 12.1. The van der Waals surface area contributed by atoms with Crippen LogP contribution in [0.2, 0.25) is 0 Å². The van der Waals surface area contributed by atoms with Crippen LogP contribution in [0, 0.1) is 11.6 Å². The van der Waals surface area contributed by atoms with Crippen LogP contribution in [-0.4, -0.2) is 11.6 Å². The average molecular weight is 369 g/mol. The molecule has 0 N–H and O–H groups in total. The minimum atomic E-state index is -0.635. The van der Waals surface area contributed by atoms with Crippen LogP contribution in [0.5, 0.6) is 0 Å². The summed E-state index contributed by atoms with van der Waals surface area (Å²) in [5.74, 6) is -1.63. The molecule has 0 spiro atoms. The van der Waals surface area contributed by atoms with Crippen LogP contribution in [0.25, 0.3) is 11.1 Å². The fraction of sp³-hybridized carbons (Fsp3) is 0.235. The first-order valence-electron chi connectivity index (χ1n) is 6.65. The normalized spacial score (nSPS) is 11.4. The molecular formula is C17H15BrF2O2. The monoisotopic (exact) mass is 368 g/mol. The predicted molar refractivity (Wildman–Crippen MR) is 84.7 cm³/mol. The number of rotatable bonds is 2. The van der Waals surface area contributed by atoms with Gasteiger partial charge >= 0.3 is 5.97 Å². The van der Waals surface area contributed by atoms with Crippen LogP contribution >= 0.6 is 15.9 Å². The van der Waals surface area contributed by atoms with Gasteiger partial charge in [0, 0.05) is 10.0 Å². The molecule has 0 saturated heterocycles. The van der Waals surface area contributed by atoms with Crippen molar-refractivity contribution in [3.05, 3.63) is 58.1 Å². The zero-order chi connectivity index (χ0) is 16.5. The quantitative estimate of drug-likeness (QED) is 0.667. The van der Waals surface area contributed by atoms with Crippen molar-refractivity contribution in [2.24, 2.45) is 0 Å². The van der Waals surface area contributed by atoms with E-state index in [4.69, 9.17) is 4.74 Å². The van der Waals surface area contributed by atoms with E-state index in [1.165, 1.54) is 6.07 Å². The summed E-state index contributed by atoms with van der Waals surface area (Å²) in [5.41, 5.74) is 0.116. The smallest absolute Gasteiger partial charge is 0.338 e. The van der Waals surface area contributed by atoms with Crippen molar-refractivity contribution in [2.75, 3.05) is 0 Å². The Morgan fingerprint density at radius 1 is 1.09 bits per heavy atom. The molecule has 2 aromatic carbocycles. The van der Waals surface area contributed by atoms with Gasteiger partial charge in [0.2, 0.25) is 0 Å². The van der Waals surface area contributed by atoms with E-state index in [0.717, 1.165) is 18.2 Å². The minimum Gasteiger partial charge on any atom is -0.456 e. The molecule has 0 saturated carbocycles. The molecular weight excluding hydrogens is 354 g/mol. The summed E-state index contributed by atoms with van der Waals surface area (Å²) in [6, 6.07) is 7.87. The van der Waals surface area contributed by atoms with Gasteiger partial charge in [-0.25, -0.2) is 13.6 Å². The van der Waals surface area contributed by atoms with Gasteiger partial charge in [-0.2, -0.15) is 0 Å². The van der Waals surface area contributed by atoms with E-state index >= 15 is 0 Å². The predicted octanol–water partition coefficient (Wildman–Crippen LogP) is 5.35. The van der Waals surface area contributed by atoms with Gasteiger partial charge in [-0.1, -0.05) is 15.9 Å². The van der Waals surface area contributed by atoms with E-state index in [0.29, 0.717) is 10.0 Å². The molecule has 0 fully saturated rings. The molecule has 116 valence electrons. The Bertz CT molecular complexity index is 721. The lowest BCUT2D eigenvalue weighted by Gasteiger charge is -2.19. The van der Waals surface area contributed by atoms with Gasteiger partial charge in [-0.05, 0) is 62.7 Å². The Kier molecular flexibility index (Phi) is 4.66. The first-order valence-corrected chi connectivity index (χ1v) is 7.44. The molecule has 2 rings (SSSR count). The number of hydrogen-bond donors (Lipinski definition) is 0. The Morgan fingerprint density at radius 2 is 1.77 bits per heavy atom. The number of hydrogen-bond acceptors (Lipinski definition) is 2. The number of carbonyl (C=O) groups is 1. The summed E-state index contributed by atoms with van der Waals surface area (Å²) in [5, 5.41) is 0. The van der Waals surface area contributed by atoms with Gasteiger partial charge < -0.3 is 4.74 Å². The first kappa shape index (κ1) is 16.6. The Labute approximate surface area is 136 Å². The van der Waals surface area contributed by atoms with Gasteiger partial charge in [-0.3, -0.25) is 0 Å². The SMILES string of the molecule is CC(C)(C)OC(=O)c1cc(Br)cc(-c2cc(F)ccc2F)c1. The summed E-state index contributed by atoms with van der Waals surface area (Å²) in [6.45, 7) is 5.28. The third-order valence-corrected chi connectivity index (χ3v) is 3.23. The molecule has 0 amide bonds. The van der Waals surface area contributed by atoms with Crippen LogP contribution in [0.4, 0.5) is 8.78 Å². The second-order valence-corrected chi connectivity index (χ2v) is 6.77. The fourth-order valence-electron chi connectivity index (χ4n) is 1.92. The van der Waals surface area contributed by atoms with Crippen molar-refractivity contribution in [1.29, 1.82) is 0 Å². The van der Waals surface area contributed by atoms with Crippen LogP contribution < -0.4 is 0 Å². The number of esters is 1. The largest absolute Gasteiger partial charge is 0.456 e. The van der Waals surface area contributed by atoms with Crippen LogP contribution in [-0.2, 0) is 4.74 Å². The third-order valence-electron chi connectivity index (χ3n) is 2.77. The molecule has 2 nitrogen and oxygen atoms in total. The molecule has 0 atom stereocenters. The van der Waals surface area contributed by atoms with Crippen molar-refractivity contribution in [3.8, 4) is 11.1 Å². The number of ether oxygens (including phenoxy) is 1. The molecule has 0 aromatic heterocycles. The summed E-state index contributed by atoms with van der Waals surface area (Å²) >= 11 is 3.28. The van der Waals surface area contributed by atoms with Crippen LogP contribution in [0.3, 0.4) is 0 Å². The van der Waals surface area contributed by atoms with E-state index < -0.39 is 23.2 Å². The maximum absolute atomic E-state index is 13.9. The number of carbonyl (C=O) groups excluding carboxylic acids is 1. The van der Waals surface area contributed by atoms with Gasteiger partial charge in [-0.15, -0.1) is 0 Å². The topological polar surface area (TPSA) is 26.3 Å². The van der Waals surface area contributed by atoms with Gasteiger partial charge in [0.15, 0.2) is 0 Å². The molecule has 22 heavy (non-hydrogen) atoms. The molecule has 5 heteroatoms. The standard InChI is InChI=1S/C17H15BrF2O2/c1-17(2,3)22-16(21)11-6-10(7-12(18)8-11)14-9-13(19)4-5-15(14)20/h4-9H,1-3H3. The van der Waals surface area contributed by atoms with Crippen LogP contribution in [0.1, 0.15) is 31.1 Å². The third kappa shape index (κ3) is 4.13. The van der Waals surface area contributed by atoms with E-state index in [1.54, 1.807) is 32.9 Å². The zero-order valence-electron chi connectivity index (χ0n) is 12.4. The van der Waals surface area contributed by atoms with Gasteiger partial charge in [0.1, 0.15) is 17.2 Å². The fourth-order valence-corrected chi connectivity index (χ4v) is 2.41. The maximum atomic E-state index is 13.9. The second-order valence-electron chi connectivity index (χ2n) is 5.85. The van der Waals surface area contributed by atoms with Crippen molar-refractivity contribution >= 4 is 21.9 Å². The molecule has 2 aromatic rings. The van der Waals surface area contributed by atoms with E-state index in [-0.39, 0.29) is 11.1 Å². The van der Waals surface area contributed by atoms with E-state index in [9.17, 15) is 13.6 Å². The van der Waals surface area contributed by atoms with E-state index in [1.807, 2.05) is 0 Å². The zero-order valence-corrected chi connectivity index (χ0v) is 14.0. The Balaban J connectivity index is 2.47. The Morgan fingerprint density at radius 3 is 2.41 bits per heavy atom. The highest BCUT2D eigenvalue weighted by Crippen LogP contribution is 2.28. The lowest BCUT2D eigenvalue weighted by molar-refractivity contribution is 0.00695. The molecule has 0 aliphatic rings. The maximum Gasteiger partial charge on any atom is 0.338 e. The van der Waals surface area contributed by atoms with E-state index in [2.05, 4.69) is 15.9 Å². The van der Waals surface area contributed by atoms with Crippen LogP contribution in [0.15, 0.2) is 40.9 Å². The van der Waals surface area contributed by atoms with Crippen molar-refractivity contribution in [3.63, 3.8) is 0 Å². The van der Waals surface area contributed by atoms with Gasteiger partial charge in [0.25, 0.3) is 0 Å². The Hall–Kier alpha value is -1.75. The molecule has 0 aliphatic carbocycles. The molecule has 0 radical (unpaired) electrons. The lowest BCUT2D eigenvalue weighted by Crippen LogP contribution is -2.23. The van der Waals surface area contributed by atoms with Crippen molar-refractivity contribution in [1.82, 2.24) is 0 Å². The summed E-state index contributed by atoms with van der Waals surface area (Å²) < 4.78 is 33.1. The molecule has 0 bridgehead atoms. The molecule has 0 heterocycles. The average Bonchev–Trinajstić information content (AvgIpc) is 2.39. The molecule has 0 unspecified atom stereocenters. The highest BCUT2D eigenvalue weighted by molar-refractivity contribution is 9.10. The number of benzene rings is 2. The lowest BCUT2D eigenvalue weighted by atomic mass is 10.0. The number of halogens is 3. The van der Waals surface area contributed by atoms with Gasteiger partial charge in [0.05, 0.1) is 5.56 Å². The summed E-state index contributed by atoms with van der Waals surface area (Å²) in [6.07, 6.45) is 0. The molecule has 0 aliphatic heterocycles.